The zero-order valence-electron chi connectivity index (χ0n) is 14.4. The first kappa shape index (κ1) is 17.9. The summed E-state index contributed by atoms with van der Waals surface area (Å²) in [6, 6.07) is 13.2. The minimum absolute atomic E-state index is 0.375. The van der Waals surface area contributed by atoms with Crippen LogP contribution in [0.2, 0.25) is 0 Å². The second kappa shape index (κ2) is 8.39. The quantitative estimate of drug-likeness (QED) is 0.789. The van der Waals surface area contributed by atoms with Gasteiger partial charge >= 0.3 is 5.97 Å². The van der Waals surface area contributed by atoms with Crippen molar-refractivity contribution in [3.63, 3.8) is 0 Å². The SMILES string of the molecule is CCOc1ccc(CC(C(=O)O)c2ccc(C)cc2)c(OCC)c1. The van der Waals surface area contributed by atoms with Crippen molar-refractivity contribution in [1.29, 1.82) is 0 Å². The van der Waals surface area contributed by atoms with E-state index in [-0.39, 0.29) is 0 Å². The summed E-state index contributed by atoms with van der Waals surface area (Å²) in [4.78, 5) is 11.8. The molecule has 4 nitrogen and oxygen atoms in total. The van der Waals surface area contributed by atoms with Gasteiger partial charge in [0.15, 0.2) is 0 Å². The van der Waals surface area contributed by atoms with E-state index >= 15 is 0 Å². The van der Waals surface area contributed by atoms with E-state index < -0.39 is 11.9 Å². The lowest BCUT2D eigenvalue weighted by Gasteiger charge is -2.17. The van der Waals surface area contributed by atoms with Gasteiger partial charge in [-0.1, -0.05) is 35.9 Å². The summed E-state index contributed by atoms with van der Waals surface area (Å²) >= 11 is 0. The number of aliphatic carboxylic acids is 1. The maximum atomic E-state index is 11.8. The maximum absolute atomic E-state index is 11.8. The minimum Gasteiger partial charge on any atom is -0.494 e. The normalized spacial score (nSPS) is 11.8. The van der Waals surface area contributed by atoms with Crippen LogP contribution in [0.1, 0.15) is 36.5 Å². The lowest BCUT2D eigenvalue weighted by Crippen LogP contribution is -2.15. The summed E-state index contributed by atoms with van der Waals surface area (Å²) in [5.41, 5.74) is 2.77. The van der Waals surface area contributed by atoms with E-state index in [1.165, 1.54) is 0 Å². The van der Waals surface area contributed by atoms with Gasteiger partial charge in [0.1, 0.15) is 11.5 Å². The molecule has 1 atom stereocenters. The molecule has 0 amide bonds. The molecule has 0 spiro atoms. The molecular weight excluding hydrogens is 304 g/mol. The number of aryl methyl sites for hydroxylation is 1. The van der Waals surface area contributed by atoms with Crippen LogP contribution < -0.4 is 9.47 Å². The number of hydrogen-bond donors (Lipinski definition) is 1. The molecule has 0 heterocycles. The molecule has 4 heteroatoms. The van der Waals surface area contributed by atoms with Gasteiger partial charge in [-0.05, 0) is 44.4 Å². The first-order valence-electron chi connectivity index (χ1n) is 8.23. The molecule has 0 saturated heterocycles. The van der Waals surface area contributed by atoms with Crippen molar-refractivity contribution in [2.24, 2.45) is 0 Å². The second-order valence-electron chi connectivity index (χ2n) is 5.64. The molecule has 24 heavy (non-hydrogen) atoms. The molecule has 0 fully saturated rings. The summed E-state index contributed by atoms with van der Waals surface area (Å²) in [5, 5.41) is 9.65. The molecule has 1 N–H and O–H groups in total. The number of rotatable bonds is 8. The summed E-state index contributed by atoms with van der Waals surface area (Å²) < 4.78 is 11.2. The fourth-order valence-corrected chi connectivity index (χ4v) is 2.62. The Morgan fingerprint density at radius 3 is 2.29 bits per heavy atom. The van der Waals surface area contributed by atoms with Crippen LogP contribution in [0.15, 0.2) is 42.5 Å². The predicted molar refractivity (Wildman–Crippen MR) is 94.0 cm³/mol. The summed E-state index contributed by atoms with van der Waals surface area (Å²) in [6.45, 7) is 6.91. The maximum Gasteiger partial charge on any atom is 0.311 e. The van der Waals surface area contributed by atoms with Gasteiger partial charge in [0.05, 0.1) is 19.1 Å². The fraction of sp³-hybridized carbons (Fsp3) is 0.350. The largest absolute Gasteiger partial charge is 0.494 e. The molecule has 2 aromatic carbocycles. The monoisotopic (exact) mass is 328 g/mol. The van der Waals surface area contributed by atoms with E-state index in [1.807, 2.05) is 63.2 Å². The van der Waals surface area contributed by atoms with E-state index in [0.29, 0.717) is 25.4 Å². The molecule has 1 unspecified atom stereocenters. The van der Waals surface area contributed by atoms with Gasteiger partial charge < -0.3 is 14.6 Å². The highest BCUT2D eigenvalue weighted by molar-refractivity contribution is 5.76. The average molecular weight is 328 g/mol. The lowest BCUT2D eigenvalue weighted by atomic mass is 9.91. The molecule has 0 aliphatic carbocycles. The van der Waals surface area contributed by atoms with Crippen LogP contribution in [0.25, 0.3) is 0 Å². The van der Waals surface area contributed by atoms with Crippen LogP contribution in [-0.4, -0.2) is 24.3 Å². The van der Waals surface area contributed by atoms with Gasteiger partial charge in [0, 0.05) is 6.07 Å². The Labute approximate surface area is 143 Å². The van der Waals surface area contributed by atoms with Crippen LogP contribution in [0.5, 0.6) is 11.5 Å². The van der Waals surface area contributed by atoms with Crippen molar-refractivity contribution in [1.82, 2.24) is 0 Å². The van der Waals surface area contributed by atoms with E-state index in [9.17, 15) is 9.90 Å². The second-order valence-corrected chi connectivity index (χ2v) is 5.64. The standard InChI is InChI=1S/C20H24O4/c1-4-23-17-11-10-16(19(13-17)24-5-2)12-18(20(21)22)15-8-6-14(3)7-9-15/h6-11,13,18H,4-5,12H2,1-3H3,(H,21,22). The van der Waals surface area contributed by atoms with Crippen molar-refractivity contribution in [2.45, 2.75) is 33.1 Å². The van der Waals surface area contributed by atoms with Crippen LogP contribution >= 0.6 is 0 Å². The Balaban J connectivity index is 2.31. The number of ether oxygens (including phenoxy) is 2. The van der Waals surface area contributed by atoms with Gasteiger partial charge in [-0.25, -0.2) is 0 Å². The molecular formula is C20H24O4. The van der Waals surface area contributed by atoms with Gasteiger partial charge in [-0.3, -0.25) is 4.79 Å². The summed E-state index contributed by atoms with van der Waals surface area (Å²) in [5.74, 6) is -0.0355. The third-order valence-electron chi connectivity index (χ3n) is 3.85. The number of benzene rings is 2. The molecule has 2 rings (SSSR count). The zero-order valence-corrected chi connectivity index (χ0v) is 14.4. The molecule has 128 valence electrons. The average Bonchev–Trinajstić information content (AvgIpc) is 2.55. The molecule has 0 saturated carbocycles. The number of hydrogen-bond acceptors (Lipinski definition) is 3. The van der Waals surface area contributed by atoms with Crippen molar-refractivity contribution >= 4 is 5.97 Å². The first-order valence-corrected chi connectivity index (χ1v) is 8.23. The molecule has 2 aromatic rings. The third-order valence-corrected chi connectivity index (χ3v) is 3.85. The van der Waals surface area contributed by atoms with Gasteiger partial charge in [-0.15, -0.1) is 0 Å². The van der Waals surface area contributed by atoms with E-state index in [0.717, 1.165) is 22.4 Å². The van der Waals surface area contributed by atoms with Crippen molar-refractivity contribution in [3.8, 4) is 11.5 Å². The number of carbonyl (C=O) groups is 1. The number of carboxylic acids is 1. The highest BCUT2D eigenvalue weighted by Gasteiger charge is 2.22. The molecule has 0 bridgehead atoms. The Morgan fingerprint density at radius 1 is 1.04 bits per heavy atom. The Morgan fingerprint density at radius 2 is 1.71 bits per heavy atom. The van der Waals surface area contributed by atoms with E-state index in [4.69, 9.17) is 9.47 Å². The zero-order chi connectivity index (χ0) is 17.5. The molecule has 0 aromatic heterocycles. The molecule has 0 aliphatic heterocycles. The number of carboxylic acid groups (broad SMARTS) is 1. The highest BCUT2D eigenvalue weighted by Crippen LogP contribution is 2.30. The van der Waals surface area contributed by atoms with Gasteiger partial charge in [0.2, 0.25) is 0 Å². The molecule has 0 aliphatic rings. The predicted octanol–water partition coefficient (Wildman–Crippen LogP) is 4.20. The minimum atomic E-state index is -0.838. The Bertz CT molecular complexity index is 677. The van der Waals surface area contributed by atoms with E-state index in [1.54, 1.807) is 0 Å². The summed E-state index contributed by atoms with van der Waals surface area (Å²) in [6.07, 6.45) is 0.375. The Kier molecular flexibility index (Phi) is 6.24. The fourth-order valence-electron chi connectivity index (χ4n) is 2.62. The topological polar surface area (TPSA) is 55.8 Å². The van der Waals surface area contributed by atoms with Crippen LogP contribution in [-0.2, 0) is 11.2 Å². The molecule has 0 radical (unpaired) electrons. The van der Waals surface area contributed by atoms with Crippen LogP contribution in [0.4, 0.5) is 0 Å². The lowest BCUT2D eigenvalue weighted by molar-refractivity contribution is -0.138. The van der Waals surface area contributed by atoms with Crippen molar-refractivity contribution in [2.75, 3.05) is 13.2 Å². The van der Waals surface area contributed by atoms with Gasteiger partial charge in [0.25, 0.3) is 0 Å². The van der Waals surface area contributed by atoms with Crippen molar-refractivity contribution in [3.05, 3.63) is 59.2 Å². The van der Waals surface area contributed by atoms with Crippen LogP contribution in [0.3, 0.4) is 0 Å². The first-order chi connectivity index (χ1) is 11.5. The third kappa shape index (κ3) is 4.51. The highest BCUT2D eigenvalue weighted by atomic mass is 16.5. The smallest absolute Gasteiger partial charge is 0.311 e. The van der Waals surface area contributed by atoms with E-state index in [2.05, 4.69) is 0 Å². The Hall–Kier alpha value is -2.49. The van der Waals surface area contributed by atoms with Crippen molar-refractivity contribution < 1.29 is 19.4 Å². The summed E-state index contributed by atoms with van der Waals surface area (Å²) in [7, 11) is 0. The van der Waals surface area contributed by atoms with Crippen LogP contribution in [0, 0.1) is 6.92 Å². The van der Waals surface area contributed by atoms with Gasteiger partial charge in [-0.2, -0.15) is 0 Å².